The number of primary sulfonamides is 1. The molecule has 0 aliphatic heterocycles. The Morgan fingerprint density at radius 3 is 2.44 bits per heavy atom. The van der Waals surface area contributed by atoms with Crippen LogP contribution in [0.15, 0.2) is 52.3 Å². The highest BCUT2D eigenvalue weighted by atomic mass is 32.2. The summed E-state index contributed by atoms with van der Waals surface area (Å²) in [7, 11) is -3.87. The quantitative estimate of drug-likeness (QED) is 0.448. The number of hydrogen-bond donors (Lipinski definition) is 2. The molecule has 132 valence electrons. The number of nitro benzene ring substituents is 1. The van der Waals surface area contributed by atoms with Gasteiger partial charge in [-0.1, -0.05) is 6.07 Å². The van der Waals surface area contributed by atoms with Gasteiger partial charge in [0.2, 0.25) is 15.9 Å². The molecule has 0 aliphatic rings. The second kappa shape index (κ2) is 7.64. The van der Waals surface area contributed by atoms with Crippen molar-refractivity contribution in [1.82, 2.24) is 0 Å². The van der Waals surface area contributed by atoms with Gasteiger partial charge in [-0.3, -0.25) is 14.9 Å². The number of carbonyl (C=O) groups excluding carboxylic acids is 1. The van der Waals surface area contributed by atoms with Gasteiger partial charge in [0.1, 0.15) is 0 Å². The predicted octanol–water partition coefficient (Wildman–Crippen LogP) is 2.28. The lowest BCUT2D eigenvalue weighted by molar-refractivity contribution is -0.384. The van der Waals surface area contributed by atoms with E-state index in [1.54, 1.807) is 31.2 Å². The molecule has 0 heterocycles. The Morgan fingerprint density at radius 1 is 1.24 bits per heavy atom. The highest BCUT2D eigenvalue weighted by Gasteiger charge is 2.13. The van der Waals surface area contributed by atoms with Gasteiger partial charge in [0, 0.05) is 22.7 Å². The second-order valence-corrected chi connectivity index (χ2v) is 7.69. The molecule has 0 spiro atoms. The third-order valence-electron chi connectivity index (χ3n) is 3.20. The SMILES string of the molecule is Cc1ccc(NC(=O)CSc2ccc([N+](=O)[O-])cc2)cc1S(N)(=O)=O. The van der Waals surface area contributed by atoms with Crippen LogP contribution in [0.25, 0.3) is 0 Å². The van der Waals surface area contributed by atoms with Gasteiger partial charge in [0.25, 0.3) is 5.69 Å². The Balaban J connectivity index is 2.00. The number of hydrogen-bond acceptors (Lipinski definition) is 6. The number of nitrogens with two attached hydrogens (primary N) is 1. The minimum Gasteiger partial charge on any atom is -0.325 e. The topological polar surface area (TPSA) is 132 Å². The van der Waals surface area contributed by atoms with E-state index in [-0.39, 0.29) is 22.2 Å². The van der Waals surface area contributed by atoms with Crippen LogP contribution in [-0.4, -0.2) is 25.0 Å². The van der Waals surface area contributed by atoms with Crippen molar-refractivity contribution < 1.29 is 18.1 Å². The summed E-state index contributed by atoms with van der Waals surface area (Å²) in [5, 5.41) is 18.3. The maximum absolute atomic E-state index is 12.0. The molecule has 0 atom stereocenters. The largest absolute Gasteiger partial charge is 0.325 e. The lowest BCUT2D eigenvalue weighted by Gasteiger charge is -2.09. The van der Waals surface area contributed by atoms with E-state index in [1.807, 2.05) is 0 Å². The number of benzene rings is 2. The van der Waals surface area contributed by atoms with E-state index in [1.165, 1.54) is 30.0 Å². The van der Waals surface area contributed by atoms with Crippen LogP contribution in [0.1, 0.15) is 5.56 Å². The van der Waals surface area contributed by atoms with Crippen molar-refractivity contribution in [2.45, 2.75) is 16.7 Å². The zero-order valence-corrected chi connectivity index (χ0v) is 14.8. The van der Waals surface area contributed by atoms with E-state index in [2.05, 4.69) is 5.32 Å². The predicted molar refractivity (Wildman–Crippen MR) is 95.0 cm³/mol. The normalized spacial score (nSPS) is 11.1. The number of thioether (sulfide) groups is 1. The first kappa shape index (κ1) is 18.9. The maximum Gasteiger partial charge on any atom is 0.269 e. The molecule has 0 unspecified atom stereocenters. The summed E-state index contributed by atoms with van der Waals surface area (Å²) in [5.41, 5.74) is 0.786. The minimum atomic E-state index is -3.87. The lowest BCUT2D eigenvalue weighted by Crippen LogP contribution is -2.17. The van der Waals surface area contributed by atoms with Crippen LogP contribution in [0.3, 0.4) is 0 Å². The van der Waals surface area contributed by atoms with Gasteiger partial charge < -0.3 is 5.32 Å². The van der Waals surface area contributed by atoms with E-state index in [4.69, 9.17) is 5.14 Å². The molecule has 10 heteroatoms. The number of sulfonamides is 1. The van der Waals surface area contributed by atoms with Crippen LogP contribution in [0, 0.1) is 17.0 Å². The molecule has 0 radical (unpaired) electrons. The first-order valence-electron chi connectivity index (χ1n) is 6.97. The molecule has 2 rings (SSSR count). The number of nitrogens with zero attached hydrogens (tertiary/aromatic N) is 1. The number of rotatable bonds is 6. The van der Waals surface area contributed by atoms with Crippen molar-refractivity contribution >= 4 is 39.1 Å². The summed E-state index contributed by atoms with van der Waals surface area (Å²) in [5.74, 6) is -0.274. The summed E-state index contributed by atoms with van der Waals surface area (Å²) in [6, 6.07) is 10.3. The maximum atomic E-state index is 12.0. The molecule has 0 bridgehead atoms. The zero-order valence-electron chi connectivity index (χ0n) is 13.1. The van der Waals surface area contributed by atoms with E-state index in [0.717, 1.165) is 0 Å². The minimum absolute atomic E-state index is 0.0241. The van der Waals surface area contributed by atoms with Crippen LogP contribution in [-0.2, 0) is 14.8 Å². The molecular weight excluding hydrogens is 366 g/mol. The van der Waals surface area contributed by atoms with E-state index >= 15 is 0 Å². The third kappa shape index (κ3) is 5.28. The van der Waals surface area contributed by atoms with Crippen molar-refractivity contribution in [3.05, 3.63) is 58.1 Å². The van der Waals surface area contributed by atoms with E-state index in [0.29, 0.717) is 16.1 Å². The molecule has 0 saturated heterocycles. The number of anilines is 1. The summed E-state index contributed by atoms with van der Waals surface area (Å²) >= 11 is 1.20. The smallest absolute Gasteiger partial charge is 0.269 e. The van der Waals surface area contributed by atoms with Crippen molar-refractivity contribution in [2.75, 3.05) is 11.1 Å². The molecule has 1 amide bonds. The molecule has 8 nitrogen and oxygen atoms in total. The number of nitro groups is 1. The second-order valence-electron chi connectivity index (χ2n) is 5.11. The first-order valence-corrected chi connectivity index (χ1v) is 9.50. The molecular formula is C15H15N3O5S2. The van der Waals surface area contributed by atoms with Gasteiger partial charge in [0.15, 0.2) is 0 Å². The van der Waals surface area contributed by atoms with Gasteiger partial charge in [0.05, 0.1) is 15.6 Å². The summed E-state index contributed by atoms with van der Waals surface area (Å²) < 4.78 is 23.0. The van der Waals surface area contributed by atoms with Crippen LogP contribution >= 0.6 is 11.8 Å². The highest BCUT2D eigenvalue weighted by Crippen LogP contribution is 2.22. The van der Waals surface area contributed by atoms with Crippen molar-refractivity contribution in [1.29, 1.82) is 0 Å². The molecule has 0 aliphatic carbocycles. The van der Waals surface area contributed by atoms with Gasteiger partial charge in [-0.05, 0) is 36.8 Å². The van der Waals surface area contributed by atoms with E-state index in [9.17, 15) is 23.3 Å². The number of non-ortho nitro benzene ring substituents is 1. The molecule has 3 N–H and O–H groups in total. The molecule has 0 saturated carbocycles. The Morgan fingerprint density at radius 2 is 1.88 bits per heavy atom. The van der Waals surface area contributed by atoms with Crippen LogP contribution in [0.2, 0.25) is 0 Å². The lowest BCUT2D eigenvalue weighted by atomic mass is 10.2. The highest BCUT2D eigenvalue weighted by molar-refractivity contribution is 8.00. The Kier molecular flexibility index (Phi) is 5.77. The van der Waals surface area contributed by atoms with E-state index < -0.39 is 14.9 Å². The molecule has 2 aromatic rings. The van der Waals surface area contributed by atoms with Crippen LogP contribution in [0.5, 0.6) is 0 Å². The van der Waals surface area contributed by atoms with Crippen LogP contribution < -0.4 is 10.5 Å². The molecule has 2 aromatic carbocycles. The van der Waals surface area contributed by atoms with Gasteiger partial charge >= 0.3 is 0 Å². The third-order valence-corrected chi connectivity index (χ3v) is 5.26. The molecule has 0 aromatic heterocycles. The summed E-state index contributed by atoms with van der Waals surface area (Å²) in [6.07, 6.45) is 0. The number of aryl methyl sites for hydroxylation is 1. The average Bonchev–Trinajstić information content (AvgIpc) is 2.54. The Bertz CT molecular complexity index is 911. The van der Waals surface area contributed by atoms with Crippen LogP contribution in [0.4, 0.5) is 11.4 Å². The van der Waals surface area contributed by atoms with Crippen molar-refractivity contribution in [2.24, 2.45) is 5.14 Å². The fourth-order valence-corrected chi connectivity index (χ4v) is 3.50. The van der Waals surface area contributed by atoms with Gasteiger partial charge in [-0.25, -0.2) is 13.6 Å². The monoisotopic (exact) mass is 381 g/mol. The number of nitrogens with one attached hydrogen (secondary N) is 1. The standard InChI is InChI=1S/C15H15N3O5S2/c1-10-2-3-11(8-14(10)25(16,22)23)17-15(19)9-24-13-6-4-12(5-7-13)18(20)21/h2-8H,9H2,1H3,(H,17,19)(H2,16,22,23). The Labute approximate surface area is 148 Å². The van der Waals surface area contributed by atoms with Crippen molar-refractivity contribution in [3.8, 4) is 0 Å². The summed E-state index contributed by atoms with van der Waals surface area (Å²) in [6.45, 7) is 1.61. The summed E-state index contributed by atoms with van der Waals surface area (Å²) in [4.78, 5) is 22.7. The molecule has 25 heavy (non-hydrogen) atoms. The number of carbonyl (C=O) groups is 1. The zero-order chi connectivity index (χ0) is 18.6. The molecule has 0 fully saturated rings. The first-order chi connectivity index (χ1) is 11.7. The van der Waals surface area contributed by atoms with Gasteiger partial charge in [-0.15, -0.1) is 11.8 Å². The van der Waals surface area contributed by atoms with Crippen molar-refractivity contribution in [3.63, 3.8) is 0 Å². The average molecular weight is 381 g/mol. The Hall–Kier alpha value is -2.43. The fraction of sp³-hybridized carbons (Fsp3) is 0.133. The fourth-order valence-electron chi connectivity index (χ4n) is 1.99. The van der Waals surface area contributed by atoms with Gasteiger partial charge in [-0.2, -0.15) is 0 Å². The number of amides is 1.